The minimum atomic E-state index is -0.00621. The molecule has 4 nitrogen and oxygen atoms in total. The molecule has 1 aromatic heterocycles. The first-order chi connectivity index (χ1) is 8.83. The number of aromatic amines is 1. The van der Waals surface area contributed by atoms with Crippen molar-refractivity contribution < 1.29 is 4.79 Å². The van der Waals surface area contributed by atoms with Gasteiger partial charge < -0.3 is 4.98 Å². The summed E-state index contributed by atoms with van der Waals surface area (Å²) in [5.74, 6) is -0.00621. The predicted octanol–water partition coefficient (Wildman–Crippen LogP) is 3.22. The summed E-state index contributed by atoms with van der Waals surface area (Å²) in [6.07, 6.45) is 11.1. The van der Waals surface area contributed by atoms with E-state index in [4.69, 9.17) is 0 Å². The van der Waals surface area contributed by atoms with Crippen molar-refractivity contribution in [3.05, 3.63) is 24.0 Å². The molecule has 0 aliphatic heterocycles. The van der Waals surface area contributed by atoms with Gasteiger partial charge in [0.25, 0.3) is 0 Å². The predicted molar refractivity (Wildman–Crippen MR) is 74.5 cm³/mol. The molecule has 0 fully saturated rings. The molecule has 4 heteroatoms. The van der Waals surface area contributed by atoms with Crippen LogP contribution in [0.1, 0.15) is 57.6 Å². The Kier molecular flexibility index (Phi) is 7.60. The Morgan fingerprint density at radius 2 is 2.11 bits per heavy atom. The van der Waals surface area contributed by atoms with Crippen LogP contribution in [0.3, 0.4) is 0 Å². The molecule has 1 amide bonds. The van der Waals surface area contributed by atoms with E-state index in [0.29, 0.717) is 6.42 Å². The van der Waals surface area contributed by atoms with Crippen LogP contribution in [0.25, 0.3) is 0 Å². The summed E-state index contributed by atoms with van der Waals surface area (Å²) in [7, 11) is 0. The second-order valence-electron chi connectivity index (χ2n) is 4.44. The second kappa shape index (κ2) is 9.45. The van der Waals surface area contributed by atoms with Gasteiger partial charge in [-0.05, 0) is 18.6 Å². The number of aromatic nitrogens is 1. The van der Waals surface area contributed by atoms with Crippen LogP contribution in [0, 0.1) is 0 Å². The lowest BCUT2D eigenvalue weighted by Gasteiger charge is -2.00. The number of rotatable bonds is 9. The number of carbonyl (C=O) groups excluding carboxylic acids is 1. The summed E-state index contributed by atoms with van der Waals surface area (Å²) >= 11 is 0. The van der Waals surface area contributed by atoms with E-state index in [0.717, 1.165) is 18.5 Å². The van der Waals surface area contributed by atoms with E-state index in [1.807, 2.05) is 18.3 Å². The molecule has 1 aromatic rings. The van der Waals surface area contributed by atoms with E-state index in [-0.39, 0.29) is 5.91 Å². The lowest BCUT2D eigenvalue weighted by atomic mass is 10.1. The number of hydrogen-bond donors (Lipinski definition) is 2. The lowest BCUT2D eigenvalue weighted by molar-refractivity contribution is -0.121. The van der Waals surface area contributed by atoms with Crippen LogP contribution in [0.15, 0.2) is 23.4 Å². The molecule has 100 valence electrons. The topological polar surface area (TPSA) is 57.2 Å². The largest absolute Gasteiger partial charge is 0.360 e. The monoisotopic (exact) mass is 249 g/mol. The van der Waals surface area contributed by atoms with E-state index in [1.54, 1.807) is 6.21 Å². The number of hydrogen-bond acceptors (Lipinski definition) is 2. The maximum Gasteiger partial charge on any atom is 0.240 e. The summed E-state index contributed by atoms with van der Waals surface area (Å²) in [6.45, 7) is 2.20. The quantitative estimate of drug-likeness (QED) is 0.394. The zero-order valence-corrected chi connectivity index (χ0v) is 11.1. The lowest BCUT2D eigenvalue weighted by Crippen LogP contribution is -2.16. The number of H-pyrrole nitrogens is 1. The van der Waals surface area contributed by atoms with Gasteiger partial charge in [0, 0.05) is 12.6 Å². The zero-order valence-electron chi connectivity index (χ0n) is 11.1. The third-order valence-electron chi connectivity index (χ3n) is 2.77. The molecule has 0 unspecified atom stereocenters. The maximum atomic E-state index is 11.4. The highest BCUT2D eigenvalue weighted by Gasteiger charge is 1.98. The van der Waals surface area contributed by atoms with Crippen molar-refractivity contribution in [3.63, 3.8) is 0 Å². The molecule has 0 bridgehead atoms. The highest BCUT2D eigenvalue weighted by molar-refractivity contribution is 5.80. The average molecular weight is 249 g/mol. The third-order valence-corrected chi connectivity index (χ3v) is 2.77. The molecule has 0 aliphatic carbocycles. The minimum Gasteiger partial charge on any atom is -0.360 e. The van der Waals surface area contributed by atoms with Crippen molar-refractivity contribution in [3.8, 4) is 0 Å². The Labute approximate surface area is 109 Å². The molecule has 0 saturated heterocycles. The number of amides is 1. The number of carbonyl (C=O) groups is 1. The summed E-state index contributed by atoms with van der Waals surface area (Å²) in [5.41, 5.74) is 3.42. The molecular formula is C14H23N3O. The molecule has 18 heavy (non-hydrogen) atoms. The second-order valence-corrected chi connectivity index (χ2v) is 4.44. The van der Waals surface area contributed by atoms with Gasteiger partial charge in [0.2, 0.25) is 5.91 Å². The van der Waals surface area contributed by atoms with Crippen LogP contribution in [0.5, 0.6) is 0 Å². The van der Waals surface area contributed by atoms with E-state index < -0.39 is 0 Å². The number of nitrogens with zero attached hydrogens (tertiary/aromatic N) is 1. The molecule has 0 aliphatic rings. The molecular weight excluding hydrogens is 226 g/mol. The van der Waals surface area contributed by atoms with Crippen molar-refractivity contribution in [2.75, 3.05) is 0 Å². The minimum absolute atomic E-state index is 0.00621. The van der Waals surface area contributed by atoms with Crippen LogP contribution in [0.4, 0.5) is 0 Å². The first kappa shape index (κ1) is 14.5. The van der Waals surface area contributed by atoms with Gasteiger partial charge in [-0.25, -0.2) is 5.43 Å². The Morgan fingerprint density at radius 1 is 1.33 bits per heavy atom. The van der Waals surface area contributed by atoms with Crippen molar-refractivity contribution in [1.82, 2.24) is 10.4 Å². The number of hydrazone groups is 1. The number of nitrogens with one attached hydrogen (secondary N) is 2. The molecule has 0 radical (unpaired) electrons. The smallest absolute Gasteiger partial charge is 0.240 e. The van der Waals surface area contributed by atoms with Gasteiger partial charge in [-0.15, -0.1) is 0 Å². The molecule has 0 spiro atoms. The van der Waals surface area contributed by atoms with Crippen LogP contribution < -0.4 is 5.43 Å². The molecule has 0 aromatic carbocycles. The SMILES string of the molecule is CCCCCCCCC(=O)NN=Cc1ccc[nH]1. The Bertz CT molecular complexity index is 344. The molecule has 0 atom stereocenters. The van der Waals surface area contributed by atoms with E-state index in [2.05, 4.69) is 22.4 Å². The maximum absolute atomic E-state index is 11.4. The van der Waals surface area contributed by atoms with Crippen LogP contribution >= 0.6 is 0 Å². The van der Waals surface area contributed by atoms with Crippen LogP contribution in [-0.4, -0.2) is 17.1 Å². The molecule has 2 N–H and O–H groups in total. The fourth-order valence-corrected chi connectivity index (χ4v) is 1.72. The summed E-state index contributed by atoms with van der Waals surface area (Å²) < 4.78 is 0. The first-order valence-electron chi connectivity index (χ1n) is 6.78. The van der Waals surface area contributed by atoms with Gasteiger partial charge in [0.15, 0.2) is 0 Å². The van der Waals surface area contributed by atoms with Crippen LogP contribution in [0.2, 0.25) is 0 Å². The van der Waals surface area contributed by atoms with Gasteiger partial charge in [-0.1, -0.05) is 39.0 Å². The molecule has 1 heterocycles. The highest BCUT2D eigenvalue weighted by Crippen LogP contribution is 2.06. The Balaban J connectivity index is 2.00. The Hall–Kier alpha value is -1.58. The fourth-order valence-electron chi connectivity index (χ4n) is 1.72. The summed E-state index contributed by atoms with van der Waals surface area (Å²) in [4.78, 5) is 14.4. The van der Waals surface area contributed by atoms with Crippen molar-refractivity contribution in [2.45, 2.75) is 51.9 Å². The normalized spacial score (nSPS) is 10.9. The molecule has 1 rings (SSSR count). The third kappa shape index (κ3) is 6.89. The van der Waals surface area contributed by atoms with Crippen molar-refractivity contribution >= 4 is 12.1 Å². The summed E-state index contributed by atoms with van der Waals surface area (Å²) in [5, 5.41) is 3.89. The van der Waals surface area contributed by atoms with Crippen molar-refractivity contribution in [2.24, 2.45) is 5.10 Å². The first-order valence-corrected chi connectivity index (χ1v) is 6.78. The van der Waals surface area contributed by atoms with E-state index in [1.165, 1.54) is 25.7 Å². The highest BCUT2D eigenvalue weighted by atomic mass is 16.2. The zero-order chi connectivity index (χ0) is 13.1. The van der Waals surface area contributed by atoms with Gasteiger partial charge >= 0.3 is 0 Å². The van der Waals surface area contributed by atoms with Crippen LogP contribution in [-0.2, 0) is 4.79 Å². The average Bonchev–Trinajstić information content (AvgIpc) is 2.87. The fraction of sp³-hybridized carbons (Fsp3) is 0.571. The van der Waals surface area contributed by atoms with Gasteiger partial charge in [-0.2, -0.15) is 5.10 Å². The van der Waals surface area contributed by atoms with Gasteiger partial charge in [0.1, 0.15) is 0 Å². The number of unbranched alkanes of at least 4 members (excludes halogenated alkanes) is 5. The van der Waals surface area contributed by atoms with E-state index in [9.17, 15) is 4.79 Å². The molecule has 0 saturated carbocycles. The standard InChI is InChI=1S/C14H23N3O/c1-2-3-4-5-6-7-10-14(18)17-16-12-13-9-8-11-15-13/h8-9,11-12,15H,2-7,10H2,1H3,(H,17,18). The summed E-state index contributed by atoms with van der Waals surface area (Å²) in [6, 6.07) is 3.78. The Morgan fingerprint density at radius 3 is 2.83 bits per heavy atom. The van der Waals surface area contributed by atoms with Gasteiger partial charge in [-0.3, -0.25) is 4.79 Å². The van der Waals surface area contributed by atoms with Crippen molar-refractivity contribution in [1.29, 1.82) is 0 Å². The van der Waals surface area contributed by atoms with Gasteiger partial charge in [0.05, 0.1) is 11.9 Å². The van der Waals surface area contributed by atoms with E-state index >= 15 is 0 Å².